The summed E-state index contributed by atoms with van der Waals surface area (Å²) in [7, 11) is 2.13. The molecule has 0 heterocycles. The first-order chi connectivity index (χ1) is 14.8. The van der Waals surface area contributed by atoms with Crippen LogP contribution in [-0.4, -0.2) is 7.05 Å². The molecule has 0 amide bonds. The summed E-state index contributed by atoms with van der Waals surface area (Å²) in [6.45, 7) is 0. The summed E-state index contributed by atoms with van der Waals surface area (Å²) >= 11 is 0. The van der Waals surface area contributed by atoms with Crippen molar-refractivity contribution in [1.29, 1.82) is 0 Å². The zero-order chi connectivity index (χ0) is 20.3. The summed E-state index contributed by atoms with van der Waals surface area (Å²) in [5.74, 6) is 0. The van der Waals surface area contributed by atoms with Crippen molar-refractivity contribution in [2.45, 2.75) is 0 Å². The third kappa shape index (κ3) is 3.46. The van der Waals surface area contributed by atoms with Gasteiger partial charge in [0.25, 0.3) is 0 Å². The largest absolute Gasteiger partial charge is 0.345 e. The Bertz CT molecular complexity index is 1270. The van der Waals surface area contributed by atoms with Gasteiger partial charge in [0.15, 0.2) is 0 Å². The summed E-state index contributed by atoms with van der Waals surface area (Å²) in [4.78, 5) is 2.25. The number of hydrogen-bond acceptors (Lipinski definition) is 1. The van der Waals surface area contributed by atoms with Crippen LogP contribution in [0.15, 0.2) is 121 Å². The lowest BCUT2D eigenvalue weighted by atomic mass is 9.97. The molecule has 0 atom stereocenters. The molecule has 5 aromatic carbocycles. The van der Waals surface area contributed by atoms with Gasteiger partial charge in [0.2, 0.25) is 0 Å². The smallest absolute Gasteiger partial charge is 0.0414 e. The van der Waals surface area contributed by atoms with E-state index < -0.39 is 0 Å². The summed E-state index contributed by atoms with van der Waals surface area (Å²) in [5.41, 5.74) is 7.34. The molecular formula is C29H23N. The fourth-order valence-corrected chi connectivity index (χ4v) is 4.00. The topological polar surface area (TPSA) is 3.24 Å². The van der Waals surface area contributed by atoms with Crippen molar-refractivity contribution in [1.82, 2.24) is 0 Å². The fourth-order valence-electron chi connectivity index (χ4n) is 4.00. The highest BCUT2D eigenvalue weighted by molar-refractivity contribution is 5.98. The second-order valence-electron chi connectivity index (χ2n) is 7.55. The van der Waals surface area contributed by atoms with Crippen LogP contribution < -0.4 is 4.90 Å². The van der Waals surface area contributed by atoms with Crippen molar-refractivity contribution in [2.75, 3.05) is 11.9 Å². The predicted octanol–water partition coefficient (Wildman–Crippen LogP) is 7.94. The minimum atomic E-state index is 1.17. The Balaban J connectivity index is 1.51. The van der Waals surface area contributed by atoms with Crippen LogP contribution in [-0.2, 0) is 0 Å². The first kappa shape index (κ1) is 18.2. The molecule has 0 bridgehead atoms. The van der Waals surface area contributed by atoms with Crippen molar-refractivity contribution < 1.29 is 0 Å². The standard InChI is InChI=1S/C29H23N/c1-30(26-18-15-23(16-19-26)22-9-4-2-5-10-22)27-20-17-25-13-8-14-28(29(25)21-27)24-11-6-3-7-12-24/h2-21H,1H3. The number of nitrogens with zero attached hydrogens (tertiary/aromatic N) is 1. The molecule has 0 aliphatic carbocycles. The molecule has 0 saturated carbocycles. The van der Waals surface area contributed by atoms with Crippen LogP contribution in [0.1, 0.15) is 0 Å². The monoisotopic (exact) mass is 385 g/mol. The average Bonchev–Trinajstić information content (AvgIpc) is 2.84. The Kier molecular flexibility index (Phi) is 4.78. The van der Waals surface area contributed by atoms with Crippen molar-refractivity contribution >= 4 is 22.1 Å². The minimum absolute atomic E-state index is 1.17. The lowest BCUT2D eigenvalue weighted by Crippen LogP contribution is -2.09. The first-order valence-electron chi connectivity index (χ1n) is 10.3. The molecule has 5 rings (SSSR count). The van der Waals surface area contributed by atoms with E-state index in [2.05, 4.69) is 133 Å². The summed E-state index contributed by atoms with van der Waals surface area (Å²) < 4.78 is 0. The Morgan fingerprint density at radius 2 is 1.07 bits per heavy atom. The second-order valence-corrected chi connectivity index (χ2v) is 7.55. The predicted molar refractivity (Wildman–Crippen MR) is 129 cm³/mol. The third-order valence-corrected chi connectivity index (χ3v) is 5.70. The molecule has 144 valence electrons. The van der Waals surface area contributed by atoms with Crippen molar-refractivity contribution in [3.63, 3.8) is 0 Å². The van der Waals surface area contributed by atoms with Crippen LogP contribution in [0, 0.1) is 0 Å². The lowest BCUT2D eigenvalue weighted by molar-refractivity contribution is 1.21. The van der Waals surface area contributed by atoms with Crippen LogP contribution in [0.3, 0.4) is 0 Å². The molecule has 1 heteroatoms. The molecule has 1 nitrogen and oxygen atoms in total. The average molecular weight is 386 g/mol. The van der Waals surface area contributed by atoms with Gasteiger partial charge in [-0.1, -0.05) is 97.1 Å². The van der Waals surface area contributed by atoms with Gasteiger partial charge in [0.05, 0.1) is 0 Å². The molecule has 0 aliphatic heterocycles. The van der Waals surface area contributed by atoms with E-state index in [4.69, 9.17) is 0 Å². The van der Waals surface area contributed by atoms with Crippen molar-refractivity contribution in [2.24, 2.45) is 0 Å². The van der Waals surface area contributed by atoms with Crippen LogP contribution in [0.2, 0.25) is 0 Å². The first-order valence-corrected chi connectivity index (χ1v) is 10.3. The van der Waals surface area contributed by atoms with Gasteiger partial charge in [-0.2, -0.15) is 0 Å². The molecule has 0 N–H and O–H groups in total. The highest BCUT2D eigenvalue weighted by Crippen LogP contribution is 2.33. The molecule has 0 aliphatic rings. The zero-order valence-electron chi connectivity index (χ0n) is 17.0. The number of rotatable bonds is 4. The maximum absolute atomic E-state index is 2.29. The van der Waals surface area contributed by atoms with Crippen molar-refractivity contribution in [3.8, 4) is 22.3 Å². The van der Waals surface area contributed by atoms with Crippen LogP contribution in [0.5, 0.6) is 0 Å². The normalized spacial score (nSPS) is 10.8. The van der Waals surface area contributed by atoms with Gasteiger partial charge < -0.3 is 4.90 Å². The van der Waals surface area contributed by atoms with Gasteiger partial charge in [-0.05, 0) is 57.3 Å². The Morgan fingerprint density at radius 1 is 0.467 bits per heavy atom. The van der Waals surface area contributed by atoms with Crippen molar-refractivity contribution in [3.05, 3.63) is 121 Å². The van der Waals surface area contributed by atoms with Crippen LogP contribution in [0.25, 0.3) is 33.0 Å². The van der Waals surface area contributed by atoms with E-state index in [0.29, 0.717) is 0 Å². The Labute approximate surface area is 177 Å². The number of anilines is 2. The quantitative estimate of drug-likeness (QED) is 0.303. The van der Waals surface area contributed by atoms with Gasteiger partial charge >= 0.3 is 0 Å². The fraction of sp³-hybridized carbons (Fsp3) is 0.0345. The minimum Gasteiger partial charge on any atom is -0.345 e. The van der Waals surface area contributed by atoms with E-state index in [1.165, 1.54) is 44.4 Å². The molecule has 0 radical (unpaired) electrons. The molecular weight excluding hydrogens is 362 g/mol. The van der Waals surface area contributed by atoms with E-state index in [1.807, 2.05) is 0 Å². The number of benzene rings is 5. The van der Waals surface area contributed by atoms with Gasteiger partial charge in [0.1, 0.15) is 0 Å². The summed E-state index contributed by atoms with van der Waals surface area (Å²) in [5, 5.41) is 2.53. The highest BCUT2D eigenvalue weighted by atomic mass is 15.1. The Hall–Kier alpha value is -3.84. The van der Waals surface area contributed by atoms with E-state index in [0.717, 1.165) is 0 Å². The number of fused-ring (bicyclic) bond motifs is 1. The number of hydrogen-bond donors (Lipinski definition) is 0. The van der Waals surface area contributed by atoms with Gasteiger partial charge in [-0.25, -0.2) is 0 Å². The van der Waals surface area contributed by atoms with Gasteiger partial charge in [0, 0.05) is 18.4 Å². The Morgan fingerprint density at radius 3 is 1.77 bits per heavy atom. The lowest BCUT2D eigenvalue weighted by Gasteiger charge is -2.21. The highest BCUT2D eigenvalue weighted by Gasteiger charge is 2.09. The zero-order valence-corrected chi connectivity index (χ0v) is 17.0. The summed E-state index contributed by atoms with van der Waals surface area (Å²) in [6.07, 6.45) is 0. The molecule has 0 aromatic heterocycles. The van der Waals surface area contributed by atoms with E-state index in [-0.39, 0.29) is 0 Å². The molecule has 5 aromatic rings. The summed E-state index contributed by atoms with van der Waals surface area (Å²) in [6, 6.07) is 43.1. The maximum atomic E-state index is 2.29. The van der Waals surface area contributed by atoms with E-state index in [9.17, 15) is 0 Å². The van der Waals surface area contributed by atoms with Gasteiger partial charge in [-0.3, -0.25) is 0 Å². The second kappa shape index (κ2) is 7.88. The third-order valence-electron chi connectivity index (χ3n) is 5.70. The SMILES string of the molecule is CN(c1ccc(-c2ccccc2)cc1)c1ccc2cccc(-c3ccccc3)c2c1. The van der Waals surface area contributed by atoms with E-state index in [1.54, 1.807) is 0 Å². The maximum Gasteiger partial charge on any atom is 0.0414 e. The van der Waals surface area contributed by atoms with E-state index >= 15 is 0 Å². The van der Waals surface area contributed by atoms with Gasteiger partial charge in [-0.15, -0.1) is 0 Å². The molecule has 0 saturated heterocycles. The molecule has 30 heavy (non-hydrogen) atoms. The van der Waals surface area contributed by atoms with Crippen LogP contribution in [0.4, 0.5) is 11.4 Å². The molecule has 0 spiro atoms. The van der Waals surface area contributed by atoms with Crippen LogP contribution >= 0.6 is 0 Å². The molecule has 0 unspecified atom stereocenters. The molecule has 0 fully saturated rings.